The predicted molar refractivity (Wildman–Crippen MR) is 84.0 cm³/mol. The van der Waals surface area contributed by atoms with Gasteiger partial charge in [-0.15, -0.1) is 0 Å². The number of carbonyl (C=O) groups is 1. The molecule has 1 aromatic carbocycles. The fourth-order valence-electron chi connectivity index (χ4n) is 1.90. The number of halogens is 2. The van der Waals surface area contributed by atoms with Crippen molar-refractivity contribution in [3.8, 4) is 0 Å². The van der Waals surface area contributed by atoms with Gasteiger partial charge in [-0.1, -0.05) is 30.1 Å². The van der Waals surface area contributed by atoms with Gasteiger partial charge >= 0.3 is 0 Å². The van der Waals surface area contributed by atoms with Crippen molar-refractivity contribution in [1.29, 1.82) is 0 Å². The molecular formula is C15H21Cl2NO2. The molecule has 1 aromatic rings. The first-order valence-corrected chi connectivity index (χ1v) is 7.46. The molecule has 0 aliphatic carbocycles. The number of benzene rings is 1. The Hall–Kier alpha value is -0.610. The van der Waals surface area contributed by atoms with Crippen molar-refractivity contribution in [3.63, 3.8) is 0 Å². The van der Waals surface area contributed by atoms with Crippen LogP contribution >= 0.6 is 23.2 Å². The number of rotatable bonds is 8. The molecule has 0 amide bonds. The molecule has 1 atom stereocenters. The van der Waals surface area contributed by atoms with Crippen molar-refractivity contribution >= 4 is 29.0 Å². The van der Waals surface area contributed by atoms with Crippen LogP contribution in [-0.4, -0.2) is 43.5 Å². The van der Waals surface area contributed by atoms with E-state index < -0.39 is 0 Å². The third-order valence-electron chi connectivity index (χ3n) is 3.37. The van der Waals surface area contributed by atoms with Gasteiger partial charge in [0.15, 0.2) is 5.78 Å². The summed E-state index contributed by atoms with van der Waals surface area (Å²) in [5.74, 6) is -0.0195. The molecule has 3 nitrogen and oxygen atoms in total. The molecular weight excluding hydrogens is 297 g/mol. The van der Waals surface area contributed by atoms with Gasteiger partial charge in [0, 0.05) is 30.3 Å². The first kappa shape index (κ1) is 17.4. The summed E-state index contributed by atoms with van der Waals surface area (Å²) in [5.41, 5.74) is 0.477. The third kappa shape index (κ3) is 5.06. The van der Waals surface area contributed by atoms with Gasteiger partial charge in [0.25, 0.3) is 0 Å². The summed E-state index contributed by atoms with van der Waals surface area (Å²) in [4.78, 5) is 14.5. The van der Waals surface area contributed by atoms with Crippen molar-refractivity contribution in [2.24, 2.45) is 0 Å². The Morgan fingerprint density at radius 2 is 2.10 bits per heavy atom. The molecule has 0 N–H and O–H groups in total. The van der Waals surface area contributed by atoms with Crippen molar-refractivity contribution < 1.29 is 9.53 Å². The molecule has 0 fully saturated rings. The number of hydrogen-bond acceptors (Lipinski definition) is 3. The van der Waals surface area contributed by atoms with Crippen LogP contribution in [0.15, 0.2) is 18.2 Å². The topological polar surface area (TPSA) is 29.5 Å². The fourth-order valence-corrected chi connectivity index (χ4v) is 2.30. The lowest BCUT2D eigenvalue weighted by molar-refractivity contribution is 0.0834. The monoisotopic (exact) mass is 317 g/mol. The molecule has 112 valence electrons. The lowest BCUT2D eigenvalue weighted by Crippen LogP contribution is -2.39. The van der Waals surface area contributed by atoms with Crippen molar-refractivity contribution in [1.82, 2.24) is 4.90 Å². The minimum absolute atomic E-state index is 0.0195. The second-order valence-electron chi connectivity index (χ2n) is 4.77. The van der Waals surface area contributed by atoms with E-state index >= 15 is 0 Å². The van der Waals surface area contributed by atoms with Gasteiger partial charge in [0.2, 0.25) is 0 Å². The SMILES string of the molecule is CCC(C)N(CCOC)CC(=O)c1cc(Cl)ccc1Cl. The molecule has 0 saturated heterocycles. The normalized spacial score (nSPS) is 12.7. The molecule has 20 heavy (non-hydrogen) atoms. The van der Waals surface area contributed by atoms with Gasteiger partial charge in [-0.2, -0.15) is 0 Å². The number of carbonyl (C=O) groups excluding carboxylic acids is 1. The van der Waals surface area contributed by atoms with Crippen LogP contribution in [0.25, 0.3) is 0 Å². The highest BCUT2D eigenvalue weighted by atomic mass is 35.5. The zero-order valence-corrected chi connectivity index (χ0v) is 13.7. The summed E-state index contributed by atoms with van der Waals surface area (Å²) < 4.78 is 5.10. The van der Waals surface area contributed by atoms with E-state index in [4.69, 9.17) is 27.9 Å². The number of ketones is 1. The maximum absolute atomic E-state index is 12.4. The molecule has 5 heteroatoms. The van der Waals surface area contributed by atoms with Crippen LogP contribution in [0.3, 0.4) is 0 Å². The standard InChI is InChI=1S/C15H21Cl2NO2/c1-4-11(2)18(7-8-20-3)10-15(19)13-9-12(16)5-6-14(13)17/h5-6,9,11H,4,7-8,10H2,1-3H3. The van der Waals surface area contributed by atoms with Crippen LogP contribution in [0, 0.1) is 0 Å². The van der Waals surface area contributed by atoms with E-state index in [1.54, 1.807) is 25.3 Å². The smallest absolute Gasteiger partial charge is 0.178 e. The fraction of sp³-hybridized carbons (Fsp3) is 0.533. The highest BCUT2D eigenvalue weighted by Crippen LogP contribution is 2.21. The summed E-state index contributed by atoms with van der Waals surface area (Å²) in [6.07, 6.45) is 0.972. The van der Waals surface area contributed by atoms with E-state index in [0.717, 1.165) is 13.0 Å². The predicted octanol–water partition coefficient (Wildman–Crippen LogP) is 3.92. The zero-order chi connectivity index (χ0) is 15.1. The van der Waals surface area contributed by atoms with Gasteiger partial charge < -0.3 is 4.74 Å². The van der Waals surface area contributed by atoms with E-state index in [-0.39, 0.29) is 5.78 Å². The Balaban J connectivity index is 2.81. The second kappa shape index (κ2) is 8.63. The van der Waals surface area contributed by atoms with E-state index in [1.807, 2.05) is 0 Å². The van der Waals surface area contributed by atoms with Crippen LogP contribution in [-0.2, 0) is 4.74 Å². The molecule has 0 saturated carbocycles. The van der Waals surface area contributed by atoms with E-state index in [0.29, 0.717) is 34.8 Å². The minimum Gasteiger partial charge on any atom is -0.383 e. The second-order valence-corrected chi connectivity index (χ2v) is 5.61. The number of methoxy groups -OCH3 is 1. The van der Waals surface area contributed by atoms with E-state index in [9.17, 15) is 4.79 Å². The van der Waals surface area contributed by atoms with Gasteiger partial charge in [-0.25, -0.2) is 0 Å². The van der Waals surface area contributed by atoms with Gasteiger partial charge in [0.05, 0.1) is 18.2 Å². The quantitative estimate of drug-likeness (QED) is 0.680. The Morgan fingerprint density at radius 3 is 2.70 bits per heavy atom. The lowest BCUT2D eigenvalue weighted by Gasteiger charge is -2.27. The lowest BCUT2D eigenvalue weighted by atomic mass is 10.1. The summed E-state index contributed by atoms with van der Waals surface area (Å²) >= 11 is 12.0. The summed E-state index contributed by atoms with van der Waals surface area (Å²) in [5, 5.41) is 0.958. The van der Waals surface area contributed by atoms with Crippen LogP contribution in [0.2, 0.25) is 10.0 Å². The molecule has 0 aliphatic heterocycles. The highest BCUT2D eigenvalue weighted by molar-refractivity contribution is 6.36. The Bertz CT molecular complexity index is 451. The van der Waals surface area contributed by atoms with Crippen molar-refractivity contribution in [2.45, 2.75) is 26.3 Å². The molecule has 0 heterocycles. The zero-order valence-electron chi connectivity index (χ0n) is 12.2. The number of ether oxygens (including phenoxy) is 1. The molecule has 0 spiro atoms. The van der Waals surface area contributed by atoms with Gasteiger partial charge in [0.1, 0.15) is 0 Å². The maximum Gasteiger partial charge on any atom is 0.178 e. The van der Waals surface area contributed by atoms with Crippen LogP contribution in [0.5, 0.6) is 0 Å². The summed E-state index contributed by atoms with van der Waals surface area (Å²) in [7, 11) is 1.66. The van der Waals surface area contributed by atoms with E-state index in [2.05, 4.69) is 18.7 Å². The van der Waals surface area contributed by atoms with Crippen LogP contribution in [0.4, 0.5) is 0 Å². The largest absolute Gasteiger partial charge is 0.383 e. The minimum atomic E-state index is -0.0195. The summed E-state index contributed by atoms with van der Waals surface area (Å²) in [6.45, 7) is 5.83. The summed E-state index contributed by atoms with van der Waals surface area (Å²) in [6, 6.07) is 5.27. The molecule has 1 unspecified atom stereocenters. The van der Waals surface area contributed by atoms with Crippen LogP contribution < -0.4 is 0 Å². The first-order chi connectivity index (χ1) is 9.49. The number of nitrogens with zero attached hydrogens (tertiary/aromatic N) is 1. The highest BCUT2D eigenvalue weighted by Gasteiger charge is 2.18. The molecule has 0 aromatic heterocycles. The van der Waals surface area contributed by atoms with Crippen LogP contribution in [0.1, 0.15) is 30.6 Å². The average Bonchev–Trinajstić information content (AvgIpc) is 2.44. The van der Waals surface area contributed by atoms with Crippen molar-refractivity contribution in [3.05, 3.63) is 33.8 Å². The first-order valence-electron chi connectivity index (χ1n) is 6.70. The van der Waals surface area contributed by atoms with Crippen molar-refractivity contribution in [2.75, 3.05) is 26.8 Å². The van der Waals surface area contributed by atoms with Gasteiger partial charge in [-0.05, 0) is 31.5 Å². The Morgan fingerprint density at radius 1 is 1.40 bits per heavy atom. The Kier molecular flexibility index (Phi) is 7.52. The number of hydrogen-bond donors (Lipinski definition) is 0. The molecule has 0 radical (unpaired) electrons. The molecule has 1 rings (SSSR count). The van der Waals surface area contributed by atoms with Gasteiger partial charge in [-0.3, -0.25) is 9.69 Å². The molecule has 0 bridgehead atoms. The third-order valence-corrected chi connectivity index (χ3v) is 3.94. The average molecular weight is 318 g/mol. The molecule has 0 aliphatic rings. The van der Waals surface area contributed by atoms with E-state index in [1.165, 1.54) is 0 Å². The Labute approximate surface area is 130 Å². The maximum atomic E-state index is 12.4. The number of Topliss-reactive ketones (excluding diaryl/α,β-unsaturated/α-hetero) is 1.